The number of anilines is 2. The predicted octanol–water partition coefficient (Wildman–Crippen LogP) is 2.57. The van der Waals surface area contributed by atoms with Crippen LogP contribution in [-0.2, 0) is 6.54 Å². The van der Waals surface area contributed by atoms with E-state index in [1.807, 2.05) is 0 Å². The third-order valence-corrected chi connectivity index (χ3v) is 3.55. The van der Waals surface area contributed by atoms with E-state index in [9.17, 15) is 4.79 Å². The third kappa shape index (κ3) is 4.12. The summed E-state index contributed by atoms with van der Waals surface area (Å²) in [6.07, 6.45) is 2.60. The minimum Gasteiger partial charge on any atom is -0.398 e. The summed E-state index contributed by atoms with van der Waals surface area (Å²) < 4.78 is 1.67. The van der Waals surface area contributed by atoms with Crippen LogP contribution in [0.15, 0.2) is 41.3 Å². The molecule has 0 spiro atoms. The van der Waals surface area contributed by atoms with E-state index in [1.54, 1.807) is 16.8 Å². The zero-order valence-electron chi connectivity index (χ0n) is 13.0. The molecule has 21 heavy (non-hydrogen) atoms. The third-order valence-electron chi connectivity index (χ3n) is 3.55. The summed E-state index contributed by atoms with van der Waals surface area (Å²) >= 11 is 0. The van der Waals surface area contributed by atoms with Crippen LogP contribution in [0.25, 0.3) is 0 Å². The number of pyridine rings is 1. The van der Waals surface area contributed by atoms with Gasteiger partial charge in [0.05, 0.1) is 0 Å². The number of nitrogen functional groups attached to an aromatic ring is 1. The lowest BCUT2D eigenvalue weighted by molar-refractivity contribution is 0.620. The van der Waals surface area contributed by atoms with Gasteiger partial charge in [0, 0.05) is 43.8 Å². The number of aryl methyl sites for hydroxylation is 3. The number of nitrogens with two attached hydrogens (primary N) is 1. The van der Waals surface area contributed by atoms with Crippen molar-refractivity contribution >= 4 is 11.4 Å². The first-order valence-electron chi connectivity index (χ1n) is 7.21. The molecule has 0 aliphatic heterocycles. The van der Waals surface area contributed by atoms with Gasteiger partial charge in [0.2, 0.25) is 0 Å². The van der Waals surface area contributed by atoms with Gasteiger partial charge in [-0.05, 0) is 49.6 Å². The van der Waals surface area contributed by atoms with Crippen LogP contribution in [0.3, 0.4) is 0 Å². The highest BCUT2D eigenvalue weighted by atomic mass is 16.1. The second kappa shape index (κ2) is 6.48. The zero-order valence-corrected chi connectivity index (χ0v) is 13.0. The molecular weight excluding hydrogens is 262 g/mol. The molecule has 0 saturated heterocycles. The summed E-state index contributed by atoms with van der Waals surface area (Å²) in [6.45, 7) is 5.79. The van der Waals surface area contributed by atoms with E-state index in [2.05, 4.69) is 44.0 Å². The van der Waals surface area contributed by atoms with E-state index in [1.165, 1.54) is 22.9 Å². The predicted molar refractivity (Wildman–Crippen MR) is 88.9 cm³/mol. The number of hydrogen-bond acceptors (Lipinski definition) is 3. The average Bonchev–Trinajstić information content (AvgIpc) is 2.41. The Morgan fingerprint density at radius 2 is 1.81 bits per heavy atom. The fourth-order valence-corrected chi connectivity index (χ4v) is 2.50. The van der Waals surface area contributed by atoms with Crippen molar-refractivity contribution < 1.29 is 0 Å². The van der Waals surface area contributed by atoms with Crippen LogP contribution in [0.5, 0.6) is 0 Å². The first kappa shape index (κ1) is 15.2. The lowest BCUT2D eigenvalue weighted by atomic mass is 10.1. The monoisotopic (exact) mass is 285 g/mol. The van der Waals surface area contributed by atoms with Gasteiger partial charge in [-0.2, -0.15) is 0 Å². The second-order valence-corrected chi connectivity index (χ2v) is 5.62. The maximum absolute atomic E-state index is 11.7. The normalized spacial score (nSPS) is 10.6. The lowest BCUT2D eigenvalue weighted by Gasteiger charge is -2.20. The van der Waals surface area contributed by atoms with E-state index in [4.69, 9.17) is 5.73 Å². The van der Waals surface area contributed by atoms with Gasteiger partial charge in [-0.1, -0.05) is 6.07 Å². The Hall–Kier alpha value is -2.23. The van der Waals surface area contributed by atoms with E-state index < -0.39 is 0 Å². The van der Waals surface area contributed by atoms with Crippen molar-refractivity contribution in [3.63, 3.8) is 0 Å². The highest BCUT2D eigenvalue weighted by Crippen LogP contribution is 2.17. The molecule has 2 N–H and O–H groups in total. The first-order chi connectivity index (χ1) is 9.95. The van der Waals surface area contributed by atoms with Gasteiger partial charge >= 0.3 is 0 Å². The summed E-state index contributed by atoms with van der Waals surface area (Å²) in [4.78, 5) is 13.9. The molecule has 0 aliphatic rings. The Bertz CT molecular complexity index is 656. The largest absolute Gasteiger partial charge is 0.398 e. The molecule has 2 aromatic rings. The summed E-state index contributed by atoms with van der Waals surface area (Å²) in [7, 11) is 2.08. The zero-order chi connectivity index (χ0) is 15.4. The van der Waals surface area contributed by atoms with Crippen LogP contribution in [0.2, 0.25) is 0 Å². The number of hydrogen-bond donors (Lipinski definition) is 1. The second-order valence-electron chi connectivity index (χ2n) is 5.62. The molecule has 4 nitrogen and oxygen atoms in total. The number of rotatable bonds is 5. The Labute approximate surface area is 125 Å². The minimum atomic E-state index is -0.00162. The van der Waals surface area contributed by atoms with Gasteiger partial charge < -0.3 is 15.2 Å². The Morgan fingerprint density at radius 3 is 2.48 bits per heavy atom. The van der Waals surface area contributed by atoms with Crippen molar-refractivity contribution in [1.29, 1.82) is 0 Å². The highest BCUT2D eigenvalue weighted by Gasteiger charge is 2.03. The SMILES string of the molecule is Cc1cc(C)cc(N(C)CCCn2cc(N)ccc2=O)c1. The molecule has 0 radical (unpaired) electrons. The number of aromatic nitrogens is 1. The molecule has 1 aromatic carbocycles. The van der Waals surface area contributed by atoms with Gasteiger partial charge in [-0.15, -0.1) is 0 Å². The molecule has 0 unspecified atom stereocenters. The van der Waals surface area contributed by atoms with Gasteiger partial charge in [0.15, 0.2) is 0 Å². The molecule has 0 bridgehead atoms. The molecule has 0 amide bonds. The van der Waals surface area contributed by atoms with Crippen molar-refractivity contribution in [3.05, 3.63) is 58.0 Å². The van der Waals surface area contributed by atoms with Gasteiger partial charge in [-0.25, -0.2) is 0 Å². The molecule has 0 fully saturated rings. The van der Waals surface area contributed by atoms with Crippen LogP contribution in [0.4, 0.5) is 11.4 Å². The van der Waals surface area contributed by atoms with Crippen LogP contribution in [0.1, 0.15) is 17.5 Å². The fraction of sp³-hybridized carbons (Fsp3) is 0.353. The molecule has 1 heterocycles. The molecule has 0 saturated carbocycles. The number of nitrogens with zero attached hydrogens (tertiary/aromatic N) is 2. The summed E-state index contributed by atoms with van der Waals surface area (Å²) in [5.41, 5.74) is 10.1. The van der Waals surface area contributed by atoms with E-state index in [0.29, 0.717) is 12.2 Å². The molecule has 0 aliphatic carbocycles. The summed E-state index contributed by atoms with van der Waals surface area (Å²) in [5.74, 6) is 0. The number of benzene rings is 1. The highest BCUT2D eigenvalue weighted by molar-refractivity contribution is 5.50. The molecule has 112 valence electrons. The molecule has 0 atom stereocenters. The quantitative estimate of drug-likeness (QED) is 0.918. The molecule has 1 aromatic heterocycles. The molecule has 2 rings (SSSR count). The van der Waals surface area contributed by atoms with Crippen LogP contribution < -0.4 is 16.2 Å². The van der Waals surface area contributed by atoms with E-state index >= 15 is 0 Å². The topological polar surface area (TPSA) is 51.3 Å². The lowest BCUT2D eigenvalue weighted by Crippen LogP contribution is -2.24. The van der Waals surface area contributed by atoms with Crippen molar-refractivity contribution in [3.8, 4) is 0 Å². The summed E-state index contributed by atoms with van der Waals surface area (Å²) in [5, 5.41) is 0. The maximum Gasteiger partial charge on any atom is 0.250 e. The molecule has 4 heteroatoms. The minimum absolute atomic E-state index is 0.00162. The van der Waals surface area contributed by atoms with Crippen LogP contribution in [0, 0.1) is 13.8 Å². The van der Waals surface area contributed by atoms with Crippen molar-refractivity contribution in [2.75, 3.05) is 24.2 Å². The standard InChI is InChI=1S/C17H23N3O/c1-13-9-14(2)11-16(10-13)19(3)7-4-8-20-12-15(18)5-6-17(20)21/h5-6,9-12H,4,7-8,18H2,1-3H3. The van der Waals surface area contributed by atoms with Crippen molar-refractivity contribution in [2.45, 2.75) is 26.8 Å². The van der Waals surface area contributed by atoms with E-state index in [0.717, 1.165) is 13.0 Å². The van der Waals surface area contributed by atoms with Gasteiger partial charge in [0.25, 0.3) is 5.56 Å². The Morgan fingerprint density at radius 1 is 1.14 bits per heavy atom. The molecular formula is C17H23N3O. The smallest absolute Gasteiger partial charge is 0.250 e. The van der Waals surface area contributed by atoms with Gasteiger partial charge in [-0.3, -0.25) is 4.79 Å². The summed E-state index contributed by atoms with van der Waals surface area (Å²) in [6, 6.07) is 9.69. The first-order valence-corrected chi connectivity index (χ1v) is 7.21. The fourth-order valence-electron chi connectivity index (χ4n) is 2.50. The Balaban J connectivity index is 1.96. The van der Waals surface area contributed by atoms with Gasteiger partial charge in [0.1, 0.15) is 0 Å². The van der Waals surface area contributed by atoms with Crippen molar-refractivity contribution in [2.24, 2.45) is 0 Å². The van der Waals surface area contributed by atoms with Crippen LogP contribution >= 0.6 is 0 Å². The van der Waals surface area contributed by atoms with Crippen LogP contribution in [-0.4, -0.2) is 18.2 Å². The maximum atomic E-state index is 11.7. The Kier molecular flexibility index (Phi) is 4.68. The van der Waals surface area contributed by atoms with E-state index in [-0.39, 0.29) is 5.56 Å². The average molecular weight is 285 g/mol. The van der Waals surface area contributed by atoms with Crippen molar-refractivity contribution in [1.82, 2.24) is 4.57 Å².